The number of rotatable bonds is 6. The zero-order valence-corrected chi connectivity index (χ0v) is 23.4. The first-order valence-corrected chi connectivity index (χ1v) is 15.4. The van der Waals surface area contributed by atoms with Crippen molar-refractivity contribution in [3.05, 3.63) is 139 Å². The Kier molecular flexibility index (Phi) is 7.15. The number of nitrogens with zero attached hydrogens (tertiary/aromatic N) is 1. The van der Waals surface area contributed by atoms with Crippen LogP contribution in [0.5, 0.6) is 0 Å². The molecule has 0 atom stereocenters. The van der Waals surface area contributed by atoms with Crippen LogP contribution in [-0.2, 0) is 11.3 Å². The van der Waals surface area contributed by atoms with Gasteiger partial charge in [0.25, 0.3) is 0 Å². The summed E-state index contributed by atoms with van der Waals surface area (Å²) in [4.78, 5) is 2.54. The number of fused-ring (bicyclic) bond motifs is 2. The molecule has 6 aromatic rings. The largest absolute Gasteiger partial charge is 0.379 e. The summed E-state index contributed by atoms with van der Waals surface area (Å²) < 4.78 is 5.69. The van der Waals surface area contributed by atoms with E-state index in [1.165, 1.54) is 54.1 Å². The minimum absolute atomic E-state index is 0.784. The van der Waals surface area contributed by atoms with Crippen molar-refractivity contribution in [3.8, 4) is 11.1 Å². The third kappa shape index (κ3) is 4.84. The van der Waals surface area contributed by atoms with E-state index in [2.05, 4.69) is 138 Å². The maximum absolute atomic E-state index is 5.69. The van der Waals surface area contributed by atoms with Crippen molar-refractivity contribution in [1.29, 1.82) is 0 Å². The summed E-state index contributed by atoms with van der Waals surface area (Å²) in [5.41, 5.74) is 4.13. The number of ether oxygens (including phenoxy) is 1. The van der Waals surface area contributed by atoms with E-state index in [1.807, 2.05) is 0 Å². The Morgan fingerprint density at radius 3 is 1.68 bits per heavy atom. The van der Waals surface area contributed by atoms with Crippen LogP contribution >= 0.6 is 7.92 Å². The van der Waals surface area contributed by atoms with E-state index in [-0.39, 0.29) is 0 Å². The fraction of sp³-hybridized carbons (Fsp3) is 0.135. The van der Waals surface area contributed by atoms with Gasteiger partial charge in [-0.1, -0.05) is 133 Å². The van der Waals surface area contributed by atoms with E-state index >= 15 is 0 Å². The van der Waals surface area contributed by atoms with Crippen LogP contribution in [0.1, 0.15) is 5.56 Å². The van der Waals surface area contributed by atoms with Gasteiger partial charge in [0.2, 0.25) is 0 Å². The number of morpholine rings is 1. The lowest BCUT2D eigenvalue weighted by Crippen LogP contribution is -2.35. The van der Waals surface area contributed by atoms with Gasteiger partial charge in [0.15, 0.2) is 0 Å². The number of hydrogen-bond acceptors (Lipinski definition) is 2. The van der Waals surface area contributed by atoms with Crippen molar-refractivity contribution in [2.75, 3.05) is 26.3 Å². The van der Waals surface area contributed by atoms with Crippen molar-refractivity contribution < 1.29 is 4.74 Å². The summed E-state index contributed by atoms with van der Waals surface area (Å²) in [6, 6.07) is 49.4. The molecule has 1 aliphatic rings. The van der Waals surface area contributed by atoms with Gasteiger partial charge in [0.05, 0.1) is 13.2 Å². The van der Waals surface area contributed by atoms with Gasteiger partial charge in [0, 0.05) is 19.6 Å². The van der Waals surface area contributed by atoms with Gasteiger partial charge in [-0.25, -0.2) is 0 Å². The van der Waals surface area contributed by atoms with Crippen LogP contribution in [0.15, 0.2) is 133 Å². The minimum Gasteiger partial charge on any atom is -0.379 e. The molecule has 0 unspecified atom stereocenters. The second kappa shape index (κ2) is 11.4. The molecule has 6 aromatic carbocycles. The Morgan fingerprint density at radius 2 is 1.05 bits per heavy atom. The zero-order valence-electron chi connectivity index (χ0n) is 22.5. The highest BCUT2D eigenvalue weighted by atomic mass is 31.1. The van der Waals surface area contributed by atoms with Gasteiger partial charge in [0.1, 0.15) is 0 Å². The fourth-order valence-corrected chi connectivity index (χ4v) is 8.51. The molecule has 2 nitrogen and oxygen atoms in total. The number of hydrogen-bond donors (Lipinski definition) is 0. The van der Waals surface area contributed by atoms with E-state index in [0.717, 1.165) is 32.8 Å². The molecule has 7 rings (SSSR count). The van der Waals surface area contributed by atoms with Crippen molar-refractivity contribution in [1.82, 2.24) is 4.90 Å². The molecule has 1 heterocycles. The van der Waals surface area contributed by atoms with E-state index in [9.17, 15) is 0 Å². The molecular weight excluding hydrogens is 505 g/mol. The van der Waals surface area contributed by atoms with Crippen LogP contribution in [0.25, 0.3) is 32.7 Å². The van der Waals surface area contributed by atoms with E-state index < -0.39 is 7.92 Å². The van der Waals surface area contributed by atoms with Gasteiger partial charge in [-0.3, -0.25) is 4.90 Å². The molecule has 0 amide bonds. The molecule has 0 aliphatic carbocycles. The molecule has 1 aliphatic heterocycles. The Hall–Kier alpha value is -3.81. The standard InChI is InChI=1S/C37H32NOP/c1-3-13-31(14-4-1)40(32-15-5-2-6-16-32)35-22-21-29-12-8-10-18-34(29)37(35)36-30(27-38-23-25-39-26-24-38)20-19-28-11-7-9-17-33(28)36/h1-22H,23-27H2. The summed E-state index contributed by atoms with van der Waals surface area (Å²) in [6.07, 6.45) is 0. The highest BCUT2D eigenvalue weighted by Gasteiger charge is 2.25. The van der Waals surface area contributed by atoms with Gasteiger partial charge < -0.3 is 4.74 Å². The normalized spacial score (nSPS) is 14.2. The number of benzene rings is 6. The van der Waals surface area contributed by atoms with Crippen molar-refractivity contribution in [3.63, 3.8) is 0 Å². The lowest BCUT2D eigenvalue weighted by molar-refractivity contribution is 0.0343. The molecule has 0 bridgehead atoms. The fourth-order valence-electron chi connectivity index (χ4n) is 6.03. The second-order valence-corrected chi connectivity index (χ2v) is 12.6. The van der Waals surface area contributed by atoms with Gasteiger partial charge in [-0.2, -0.15) is 0 Å². The van der Waals surface area contributed by atoms with Crippen molar-refractivity contribution in [2.24, 2.45) is 0 Å². The van der Waals surface area contributed by atoms with Crippen molar-refractivity contribution in [2.45, 2.75) is 6.54 Å². The molecule has 0 radical (unpaired) electrons. The minimum atomic E-state index is -0.784. The Morgan fingerprint density at radius 1 is 0.525 bits per heavy atom. The summed E-state index contributed by atoms with van der Waals surface area (Å²) in [7, 11) is -0.784. The maximum atomic E-state index is 5.69. The quantitative estimate of drug-likeness (QED) is 0.208. The van der Waals surface area contributed by atoms with E-state index in [0.29, 0.717) is 0 Å². The summed E-state index contributed by atoms with van der Waals surface area (Å²) in [5, 5.41) is 9.35. The van der Waals surface area contributed by atoms with Gasteiger partial charge >= 0.3 is 0 Å². The maximum Gasteiger partial charge on any atom is 0.0594 e. The third-order valence-corrected chi connectivity index (χ3v) is 10.4. The highest BCUT2D eigenvalue weighted by molar-refractivity contribution is 7.80. The molecule has 1 saturated heterocycles. The smallest absolute Gasteiger partial charge is 0.0594 e. The predicted octanol–water partition coefficient (Wildman–Crippen LogP) is 7.25. The molecular formula is C37H32NOP. The van der Waals surface area contributed by atoms with Crippen LogP contribution < -0.4 is 15.9 Å². The molecule has 0 aromatic heterocycles. The average Bonchev–Trinajstić information content (AvgIpc) is 3.03. The zero-order chi connectivity index (χ0) is 26.7. The first-order valence-electron chi connectivity index (χ1n) is 14.1. The predicted molar refractivity (Wildman–Crippen MR) is 172 cm³/mol. The van der Waals surface area contributed by atoms with Crippen molar-refractivity contribution >= 4 is 45.4 Å². The van der Waals surface area contributed by atoms with Crippen LogP contribution in [0, 0.1) is 0 Å². The molecule has 40 heavy (non-hydrogen) atoms. The highest BCUT2D eigenvalue weighted by Crippen LogP contribution is 2.43. The Balaban J connectivity index is 1.56. The molecule has 1 fully saturated rings. The molecule has 0 spiro atoms. The summed E-state index contributed by atoms with van der Waals surface area (Å²) in [6.45, 7) is 4.46. The van der Waals surface area contributed by atoms with Crippen LogP contribution in [0.4, 0.5) is 0 Å². The van der Waals surface area contributed by atoms with Crippen LogP contribution in [0.2, 0.25) is 0 Å². The first-order chi connectivity index (χ1) is 19.9. The molecule has 0 saturated carbocycles. The monoisotopic (exact) mass is 537 g/mol. The van der Waals surface area contributed by atoms with E-state index in [4.69, 9.17) is 4.74 Å². The lowest BCUT2D eigenvalue weighted by atomic mass is 9.89. The average molecular weight is 538 g/mol. The molecule has 196 valence electrons. The lowest BCUT2D eigenvalue weighted by Gasteiger charge is -2.29. The second-order valence-electron chi connectivity index (χ2n) is 10.4. The SMILES string of the molecule is c1ccc(P(c2ccccc2)c2ccc3ccccc3c2-c2c(CN3CCOCC3)ccc3ccccc23)cc1. The molecule has 3 heteroatoms. The summed E-state index contributed by atoms with van der Waals surface area (Å²) >= 11 is 0. The van der Waals surface area contributed by atoms with Crippen LogP contribution in [-0.4, -0.2) is 31.2 Å². The summed E-state index contributed by atoms with van der Waals surface area (Å²) in [5.74, 6) is 0. The Labute approximate surface area is 237 Å². The topological polar surface area (TPSA) is 12.5 Å². The molecule has 0 N–H and O–H groups in total. The van der Waals surface area contributed by atoms with Gasteiger partial charge in [-0.15, -0.1) is 0 Å². The Bertz CT molecular complexity index is 1720. The first kappa shape index (κ1) is 25.2. The van der Waals surface area contributed by atoms with E-state index in [1.54, 1.807) is 0 Å². The van der Waals surface area contributed by atoms with Gasteiger partial charge in [-0.05, 0) is 62.1 Å². The third-order valence-electron chi connectivity index (χ3n) is 7.94. The van der Waals surface area contributed by atoms with Crippen LogP contribution in [0.3, 0.4) is 0 Å².